The van der Waals surface area contributed by atoms with Crippen molar-refractivity contribution in [2.45, 2.75) is 51.0 Å². The molecule has 2 saturated heterocycles. The largest absolute Gasteiger partial charge is 0.376 e. The van der Waals surface area contributed by atoms with Crippen LogP contribution >= 0.6 is 11.6 Å². The quantitative estimate of drug-likeness (QED) is 0.933. The number of amides is 1. The fraction of sp³-hybridized carbons (Fsp3) is 0.562. The molecule has 0 spiro atoms. The van der Waals surface area contributed by atoms with Crippen molar-refractivity contribution in [3.8, 4) is 0 Å². The zero-order valence-electron chi connectivity index (χ0n) is 12.4. The summed E-state index contributed by atoms with van der Waals surface area (Å²) in [6.07, 6.45) is 2.08. The van der Waals surface area contributed by atoms with Gasteiger partial charge in [-0.3, -0.25) is 10.1 Å². The summed E-state index contributed by atoms with van der Waals surface area (Å²) < 4.78 is 5.77. The number of nitrogens with one attached hydrogen (secondary N) is 1. The molecule has 1 amide bonds. The summed E-state index contributed by atoms with van der Waals surface area (Å²) in [5.41, 5.74) is 1.02. The van der Waals surface area contributed by atoms with Crippen LogP contribution in [0.5, 0.6) is 0 Å². The van der Waals surface area contributed by atoms with Crippen molar-refractivity contribution >= 4 is 17.5 Å². The van der Waals surface area contributed by atoms with E-state index in [4.69, 9.17) is 16.3 Å². The van der Waals surface area contributed by atoms with Crippen molar-refractivity contribution in [1.82, 2.24) is 10.2 Å². The van der Waals surface area contributed by atoms with Gasteiger partial charge in [0.1, 0.15) is 6.17 Å². The average molecular weight is 309 g/mol. The molecular weight excluding hydrogens is 288 g/mol. The molecular formula is C16H21ClN2O2. The molecule has 0 saturated carbocycles. The molecule has 1 aromatic carbocycles. The van der Waals surface area contributed by atoms with Gasteiger partial charge in [-0.15, -0.1) is 0 Å². The predicted octanol–water partition coefficient (Wildman–Crippen LogP) is 2.73. The minimum absolute atomic E-state index is 0.0569. The Morgan fingerprint density at radius 2 is 2.29 bits per heavy atom. The second-order valence-electron chi connectivity index (χ2n) is 5.88. The SMILES string of the molecule is CC1NC(c2cccc(Cl)c2)N(C(C)C2CCCO2)C1=O. The first-order chi connectivity index (χ1) is 10.1. The predicted molar refractivity (Wildman–Crippen MR) is 82.1 cm³/mol. The summed E-state index contributed by atoms with van der Waals surface area (Å²) in [7, 11) is 0. The van der Waals surface area contributed by atoms with Gasteiger partial charge in [-0.25, -0.2) is 0 Å². The average Bonchev–Trinajstić information content (AvgIpc) is 3.08. The van der Waals surface area contributed by atoms with Gasteiger partial charge < -0.3 is 9.64 Å². The lowest BCUT2D eigenvalue weighted by molar-refractivity contribution is -0.134. The molecule has 0 aromatic heterocycles. The van der Waals surface area contributed by atoms with E-state index in [-0.39, 0.29) is 30.3 Å². The Hall–Kier alpha value is -1.10. The highest BCUT2D eigenvalue weighted by Crippen LogP contribution is 2.32. The maximum atomic E-state index is 12.5. The number of hydrogen-bond acceptors (Lipinski definition) is 3. The van der Waals surface area contributed by atoms with Crippen LogP contribution in [0.15, 0.2) is 24.3 Å². The number of nitrogens with zero attached hydrogens (tertiary/aromatic N) is 1. The van der Waals surface area contributed by atoms with E-state index in [0.29, 0.717) is 5.02 Å². The highest BCUT2D eigenvalue weighted by atomic mass is 35.5. The lowest BCUT2D eigenvalue weighted by Gasteiger charge is -2.33. The van der Waals surface area contributed by atoms with Crippen molar-refractivity contribution in [3.05, 3.63) is 34.9 Å². The van der Waals surface area contributed by atoms with Gasteiger partial charge in [0, 0.05) is 11.6 Å². The van der Waals surface area contributed by atoms with Crippen LogP contribution in [0.2, 0.25) is 5.02 Å². The van der Waals surface area contributed by atoms with E-state index in [0.717, 1.165) is 25.0 Å². The minimum Gasteiger partial charge on any atom is -0.376 e. The summed E-state index contributed by atoms with van der Waals surface area (Å²) in [6.45, 7) is 4.77. The normalized spacial score (nSPS) is 30.9. The molecule has 4 unspecified atom stereocenters. The molecule has 3 rings (SSSR count). The summed E-state index contributed by atoms with van der Waals surface area (Å²) >= 11 is 6.09. The summed E-state index contributed by atoms with van der Waals surface area (Å²) in [4.78, 5) is 14.5. The van der Waals surface area contributed by atoms with Gasteiger partial charge in [0.2, 0.25) is 5.91 Å². The third kappa shape index (κ3) is 2.80. The second kappa shape index (κ2) is 5.95. The number of carbonyl (C=O) groups excluding carboxylic acids is 1. The Balaban J connectivity index is 1.88. The molecule has 5 heteroatoms. The maximum absolute atomic E-state index is 12.5. The highest BCUT2D eigenvalue weighted by molar-refractivity contribution is 6.30. The van der Waals surface area contributed by atoms with Crippen molar-refractivity contribution < 1.29 is 9.53 Å². The monoisotopic (exact) mass is 308 g/mol. The minimum atomic E-state index is -0.183. The number of benzene rings is 1. The van der Waals surface area contributed by atoms with Crippen molar-refractivity contribution in [2.24, 2.45) is 0 Å². The van der Waals surface area contributed by atoms with Crippen LogP contribution in [0.25, 0.3) is 0 Å². The Kier molecular flexibility index (Phi) is 4.20. The number of rotatable bonds is 3. The number of ether oxygens (including phenoxy) is 1. The zero-order chi connectivity index (χ0) is 15.0. The molecule has 1 aromatic rings. The Morgan fingerprint density at radius 1 is 1.48 bits per heavy atom. The van der Waals surface area contributed by atoms with Crippen molar-refractivity contribution in [1.29, 1.82) is 0 Å². The van der Waals surface area contributed by atoms with Crippen molar-refractivity contribution in [2.75, 3.05) is 6.61 Å². The van der Waals surface area contributed by atoms with E-state index in [1.807, 2.05) is 36.1 Å². The molecule has 2 heterocycles. The smallest absolute Gasteiger partial charge is 0.241 e. The first kappa shape index (κ1) is 14.8. The fourth-order valence-electron chi connectivity index (χ4n) is 3.27. The van der Waals surface area contributed by atoms with Gasteiger partial charge >= 0.3 is 0 Å². The van der Waals surface area contributed by atoms with E-state index >= 15 is 0 Å². The van der Waals surface area contributed by atoms with Crippen molar-refractivity contribution in [3.63, 3.8) is 0 Å². The van der Waals surface area contributed by atoms with Crippen LogP contribution in [-0.4, -0.2) is 35.6 Å². The van der Waals surface area contributed by atoms with E-state index in [1.54, 1.807) is 0 Å². The Labute approximate surface area is 130 Å². The van der Waals surface area contributed by atoms with Gasteiger partial charge in [-0.05, 0) is 44.4 Å². The maximum Gasteiger partial charge on any atom is 0.241 e. The van der Waals surface area contributed by atoms with Gasteiger partial charge in [-0.1, -0.05) is 23.7 Å². The summed E-state index contributed by atoms with van der Waals surface area (Å²) in [5, 5.41) is 4.05. The molecule has 2 aliphatic heterocycles. The van der Waals surface area contributed by atoms with Crippen LogP contribution in [0.3, 0.4) is 0 Å². The molecule has 1 N–H and O–H groups in total. The molecule has 4 nitrogen and oxygen atoms in total. The van der Waals surface area contributed by atoms with Crippen LogP contribution < -0.4 is 5.32 Å². The van der Waals surface area contributed by atoms with E-state index < -0.39 is 0 Å². The molecule has 0 bridgehead atoms. The Bertz CT molecular complexity index is 531. The van der Waals surface area contributed by atoms with Gasteiger partial charge in [-0.2, -0.15) is 0 Å². The summed E-state index contributed by atoms with van der Waals surface area (Å²) in [6, 6.07) is 7.56. The highest BCUT2D eigenvalue weighted by Gasteiger charge is 2.42. The molecule has 0 radical (unpaired) electrons. The van der Waals surface area contributed by atoms with Crippen LogP contribution in [-0.2, 0) is 9.53 Å². The van der Waals surface area contributed by atoms with Crippen LogP contribution in [0.1, 0.15) is 38.4 Å². The Morgan fingerprint density at radius 3 is 2.95 bits per heavy atom. The summed E-state index contributed by atoms with van der Waals surface area (Å²) in [5.74, 6) is 0.128. The van der Waals surface area contributed by atoms with E-state index in [9.17, 15) is 4.79 Å². The number of hydrogen-bond donors (Lipinski definition) is 1. The molecule has 114 valence electrons. The van der Waals surface area contributed by atoms with Crippen LogP contribution in [0, 0.1) is 0 Å². The topological polar surface area (TPSA) is 41.6 Å². The number of carbonyl (C=O) groups is 1. The zero-order valence-corrected chi connectivity index (χ0v) is 13.1. The van der Waals surface area contributed by atoms with Gasteiger partial charge in [0.05, 0.1) is 18.2 Å². The molecule has 4 atom stereocenters. The first-order valence-electron chi connectivity index (χ1n) is 7.53. The van der Waals surface area contributed by atoms with Gasteiger partial charge in [0.15, 0.2) is 0 Å². The first-order valence-corrected chi connectivity index (χ1v) is 7.91. The van der Waals surface area contributed by atoms with Crippen LogP contribution in [0.4, 0.5) is 0 Å². The third-order valence-corrected chi connectivity index (χ3v) is 4.65. The fourth-order valence-corrected chi connectivity index (χ4v) is 3.47. The van der Waals surface area contributed by atoms with Gasteiger partial charge in [0.25, 0.3) is 0 Å². The second-order valence-corrected chi connectivity index (χ2v) is 6.32. The standard InChI is InChI=1S/C16H21ClN2O2/c1-10-16(20)19(11(2)14-7-4-8-21-14)15(18-10)12-5-3-6-13(17)9-12/h3,5-6,9-11,14-15,18H,4,7-8H2,1-2H3. The third-order valence-electron chi connectivity index (χ3n) is 4.42. The molecule has 2 aliphatic rings. The molecule has 2 fully saturated rings. The molecule has 21 heavy (non-hydrogen) atoms. The number of halogens is 1. The lowest BCUT2D eigenvalue weighted by Crippen LogP contribution is -2.44. The van der Waals surface area contributed by atoms with E-state index in [2.05, 4.69) is 12.2 Å². The molecule has 0 aliphatic carbocycles. The lowest BCUT2D eigenvalue weighted by atomic mass is 10.1. The van der Waals surface area contributed by atoms with E-state index in [1.165, 1.54) is 0 Å².